The first-order valence-corrected chi connectivity index (χ1v) is 5.78. The van der Waals surface area contributed by atoms with Crippen molar-refractivity contribution in [1.29, 1.82) is 0 Å². The van der Waals surface area contributed by atoms with Crippen LogP contribution in [0.2, 0.25) is 0 Å². The highest BCUT2D eigenvalue weighted by molar-refractivity contribution is 7.07. The minimum absolute atomic E-state index is 0.0607. The number of carbonyl (C=O) groups excluding carboxylic acids is 1. The minimum atomic E-state index is -0.0909. The lowest BCUT2D eigenvalue weighted by molar-refractivity contribution is 0.0891. The molecule has 0 radical (unpaired) electrons. The maximum Gasteiger partial charge on any atom is 0.265 e. The van der Waals surface area contributed by atoms with E-state index in [2.05, 4.69) is 27.1 Å². The van der Waals surface area contributed by atoms with Crippen molar-refractivity contribution < 1.29 is 4.79 Å². The van der Waals surface area contributed by atoms with Crippen LogP contribution in [-0.2, 0) is 0 Å². The molecule has 2 rings (SSSR count). The predicted molar refractivity (Wildman–Crippen MR) is 57.9 cm³/mol. The van der Waals surface area contributed by atoms with E-state index < -0.39 is 0 Å². The van der Waals surface area contributed by atoms with Gasteiger partial charge in [0.1, 0.15) is 4.88 Å². The van der Waals surface area contributed by atoms with E-state index in [9.17, 15) is 4.79 Å². The summed E-state index contributed by atoms with van der Waals surface area (Å²) in [6, 6.07) is 0. The minimum Gasteiger partial charge on any atom is -0.346 e. The van der Waals surface area contributed by atoms with Gasteiger partial charge in [-0.2, -0.15) is 0 Å². The lowest BCUT2D eigenvalue weighted by Gasteiger charge is -2.34. The lowest BCUT2D eigenvalue weighted by Crippen LogP contribution is -2.52. The van der Waals surface area contributed by atoms with Crippen molar-refractivity contribution in [3.8, 4) is 0 Å². The van der Waals surface area contributed by atoms with E-state index in [0.29, 0.717) is 4.88 Å². The summed E-state index contributed by atoms with van der Waals surface area (Å²) in [6.45, 7) is 4.00. The zero-order valence-corrected chi connectivity index (χ0v) is 9.43. The average molecular weight is 226 g/mol. The van der Waals surface area contributed by atoms with E-state index in [1.807, 2.05) is 0 Å². The van der Waals surface area contributed by atoms with E-state index in [0.717, 1.165) is 37.5 Å². The van der Waals surface area contributed by atoms with Crippen molar-refractivity contribution in [1.82, 2.24) is 20.2 Å². The first kappa shape index (κ1) is 10.5. The van der Waals surface area contributed by atoms with Crippen molar-refractivity contribution >= 4 is 17.4 Å². The summed E-state index contributed by atoms with van der Waals surface area (Å²) >= 11 is 1.13. The summed E-state index contributed by atoms with van der Waals surface area (Å²) in [6.07, 6.45) is 3.43. The molecule has 1 saturated heterocycles. The molecule has 15 heavy (non-hydrogen) atoms. The maximum atomic E-state index is 11.8. The quantitative estimate of drug-likeness (QED) is 0.766. The number of hydrogen-bond acceptors (Lipinski definition) is 5. The van der Waals surface area contributed by atoms with Gasteiger partial charge in [0.05, 0.1) is 6.20 Å². The average Bonchev–Trinajstić information content (AvgIpc) is 2.70. The fourth-order valence-corrected chi connectivity index (χ4v) is 2.12. The van der Waals surface area contributed by atoms with Crippen molar-refractivity contribution in [2.24, 2.45) is 0 Å². The van der Waals surface area contributed by atoms with Crippen LogP contribution < -0.4 is 10.6 Å². The van der Waals surface area contributed by atoms with Crippen molar-refractivity contribution in [3.05, 3.63) is 11.1 Å². The second-order valence-electron chi connectivity index (χ2n) is 4.05. The Kier molecular flexibility index (Phi) is 2.97. The molecule has 1 aliphatic rings. The van der Waals surface area contributed by atoms with Crippen LogP contribution in [0.1, 0.15) is 29.4 Å². The number of carbonyl (C=O) groups is 1. The van der Waals surface area contributed by atoms with Crippen LogP contribution in [0.5, 0.6) is 0 Å². The van der Waals surface area contributed by atoms with Crippen LogP contribution >= 0.6 is 11.5 Å². The molecule has 2 heterocycles. The molecule has 1 amide bonds. The number of piperidine rings is 1. The van der Waals surface area contributed by atoms with Gasteiger partial charge in [0.15, 0.2) is 0 Å². The Morgan fingerprint density at radius 3 is 2.93 bits per heavy atom. The van der Waals surface area contributed by atoms with Gasteiger partial charge >= 0.3 is 0 Å². The van der Waals surface area contributed by atoms with Crippen LogP contribution in [0.3, 0.4) is 0 Å². The van der Waals surface area contributed by atoms with Gasteiger partial charge in [-0.25, -0.2) is 0 Å². The van der Waals surface area contributed by atoms with Crippen molar-refractivity contribution in [3.63, 3.8) is 0 Å². The van der Waals surface area contributed by atoms with Gasteiger partial charge in [0.25, 0.3) is 5.91 Å². The SMILES string of the molecule is CC1(NC(=O)c2cnns2)CCNCC1. The van der Waals surface area contributed by atoms with Gasteiger partial charge in [-0.05, 0) is 44.4 Å². The van der Waals surface area contributed by atoms with Gasteiger partial charge in [-0.3, -0.25) is 4.79 Å². The third kappa shape index (κ3) is 2.51. The summed E-state index contributed by atoms with van der Waals surface area (Å²) in [4.78, 5) is 12.4. The second-order valence-corrected chi connectivity index (χ2v) is 4.83. The van der Waals surface area contributed by atoms with E-state index in [4.69, 9.17) is 0 Å². The molecule has 5 nitrogen and oxygen atoms in total. The molecule has 0 unspecified atom stereocenters. The number of rotatable bonds is 2. The van der Waals surface area contributed by atoms with Crippen LogP contribution in [-0.4, -0.2) is 34.1 Å². The van der Waals surface area contributed by atoms with E-state index in [1.165, 1.54) is 6.20 Å². The van der Waals surface area contributed by atoms with Gasteiger partial charge in [0, 0.05) is 5.54 Å². The number of nitrogens with zero attached hydrogens (tertiary/aromatic N) is 2. The fraction of sp³-hybridized carbons (Fsp3) is 0.667. The van der Waals surface area contributed by atoms with Gasteiger partial charge in [-0.1, -0.05) is 4.49 Å². The molecule has 1 aromatic rings. The Morgan fingerprint density at radius 2 is 2.33 bits per heavy atom. The molecule has 0 atom stereocenters. The highest BCUT2D eigenvalue weighted by atomic mass is 32.1. The van der Waals surface area contributed by atoms with E-state index in [1.54, 1.807) is 0 Å². The summed E-state index contributed by atoms with van der Waals surface area (Å²) in [5.41, 5.74) is -0.0909. The third-order valence-electron chi connectivity index (χ3n) is 2.71. The van der Waals surface area contributed by atoms with Gasteiger partial charge in [-0.15, -0.1) is 5.10 Å². The number of nitrogens with one attached hydrogen (secondary N) is 2. The van der Waals surface area contributed by atoms with Crippen LogP contribution in [0, 0.1) is 0 Å². The highest BCUT2D eigenvalue weighted by Crippen LogP contribution is 2.18. The Hall–Kier alpha value is -1.01. The molecular formula is C9H14N4OS. The van der Waals surface area contributed by atoms with Gasteiger partial charge < -0.3 is 10.6 Å². The standard InChI is InChI=1S/C9H14N4OS/c1-9(2-4-10-5-3-9)12-8(14)7-6-11-13-15-7/h6,10H,2-5H2,1H3,(H,12,14). The Balaban J connectivity index is 1.98. The molecular weight excluding hydrogens is 212 g/mol. The lowest BCUT2D eigenvalue weighted by atomic mass is 9.90. The molecule has 0 aromatic carbocycles. The predicted octanol–water partition coefficient (Wildman–Crippen LogP) is 0.410. The second kappa shape index (κ2) is 4.24. The van der Waals surface area contributed by atoms with Crippen LogP contribution in [0.25, 0.3) is 0 Å². The molecule has 0 aliphatic carbocycles. The summed E-state index contributed by atoms with van der Waals surface area (Å²) < 4.78 is 3.68. The van der Waals surface area contributed by atoms with Crippen LogP contribution in [0.4, 0.5) is 0 Å². The number of aromatic nitrogens is 2. The van der Waals surface area contributed by atoms with Crippen molar-refractivity contribution in [2.45, 2.75) is 25.3 Å². The van der Waals surface area contributed by atoms with Crippen LogP contribution in [0.15, 0.2) is 6.20 Å². The monoisotopic (exact) mass is 226 g/mol. The van der Waals surface area contributed by atoms with Crippen molar-refractivity contribution in [2.75, 3.05) is 13.1 Å². The molecule has 0 saturated carbocycles. The Labute approximate surface area is 92.4 Å². The molecule has 1 aliphatic heterocycles. The smallest absolute Gasteiger partial charge is 0.265 e. The first-order chi connectivity index (χ1) is 7.20. The molecule has 1 fully saturated rings. The zero-order chi connectivity index (χ0) is 10.7. The molecule has 1 aromatic heterocycles. The zero-order valence-electron chi connectivity index (χ0n) is 8.62. The largest absolute Gasteiger partial charge is 0.346 e. The topological polar surface area (TPSA) is 66.9 Å². The molecule has 6 heteroatoms. The van der Waals surface area contributed by atoms with E-state index in [-0.39, 0.29) is 11.4 Å². The summed E-state index contributed by atoms with van der Waals surface area (Å²) in [5.74, 6) is -0.0607. The number of amides is 1. The highest BCUT2D eigenvalue weighted by Gasteiger charge is 2.29. The first-order valence-electron chi connectivity index (χ1n) is 5.00. The molecule has 0 spiro atoms. The Morgan fingerprint density at radius 1 is 1.60 bits per heavy atom. The van der Waals surface area contributed by atoms with Gasteiger partial charge in [0.2, 0.25) is 0 Å². The summed E-state index contributed by atoms with van der Waals surface area (Å²) in [5, 5.41) is 9.98. The Bertz CT molecular complexity index is 332. The number of hydrogen-bond donors (Lipinski definition) is 2. The molecule has 82 valence electrons. The maximum absolute atomic E-state index is 11.8. The van der Waals surface area contributed by atoms with E-state index >= 15 is 0 Å². The normalized spacial score (nSPS) is 19.8. The third-order valence-corrected chi connectivity index (χ3v) is 3.37. The molecule has 2 N–H and O–H groups in total. The fourth-order valence-electron chi connectivity index (χ4n) is 1.71. The molecule has 0 bridgehead atoms. The summed E-state index contributed by atoms with van der Waals surface area (Å²) in [7, 11) is 0.